The highest BCUT2D eigenvalue weighted by Crippen LogP contribution is 2.29. The van der Waals surface area contributed by atoms with Crippen molar-refractivity contribution in [2.24, 2.45) is 0 Å². The molecule has 0 unspecified atom stereocenters. The number of ether oxygens (including phenoxy) is 4. The molecule has 4 rings (SSSR count). The smallest absolute Gasteiger partial charge is 0.336 e. The number of nitrogens with one attached hydrogen (secondary N) is 1. The van der Waals surface area contributed by atoms with Crippen LogP contribution in [-0.4, -0.2) is 111 Å². The molecule has 38 heavy (non-hydrogen) atoms. The van der Waals surface area contributed by atoms with Crippen molar-refractivity contribution in [2.45, 2.75) is 75.2 Å². The van der Waals surface area contributed by atoms with Crippen LogP contribution < -0.4 is 15.7 Å². The highest BCUT2D eigenvalue weighted by Gasteiger charge is 2.48. The van der Waals surface area contributed by atoms with Crippen LogP contribution in [0.4, 0.5) is 0 Å². The monoisotopic (exact) mass is 541 g/mol. The zero-order valence-corrected chi connectivity index (χ0v) is 20.5. The molecular formula is C24H31NO13. The van der Waals surface area contributed by atoms with Crippen molar-refractivity contribution in [3.63, 3.8) is 0 Å². The normalized spacial score (nSPS) is 35.7. The van der Waals surface area contributed by atoms with E-state index in [-0.39, 0.29) is 11.3 Å². The first-order valence-electron chi connectivity index (χ1n) is 11.9. The second-order valence-electron chi connectivity index (χ2n) is 9.31. The Morgan fingerprint density at radius 3 is 2.32 bits per heavy atom. The number of benzene rings is 1. The molecule has 210 valence electrons. The van der Waals surface area contributed by atoms with Crippen molar-refractivity contribution in [2.75, 3.05) is 13.2 Å². The minimum absolute atomic E-state index is 0.170. The Bertz CT molecular complexity index is 1190. The van der Waals surface area contributed by atoms with Crippen LogP contribution in [0.25, 0.3) is 11.0 Å². The number of amides is 1. The molecule has 14 heteroatoms. The van der Waals surface area contributed by atoms with Crippen molar-refractivity contribution >= 4 is 16.9 Å². The molecule has 10 atom stereocenters. The summed E-state index contributed by atoms with van der Waals surface area (Å²) in [7, 11) is 0. The van der Waals surface area contributed by atoms with Gasteiger partial charge in [0, 0.05) is 24.4 Å². The summed E-state index contributed by atoms with van der Waals surface area (Å²) < 4.78 is 27.7. The van der Waals surface area contributed by atoms with Crippen LogP contribution in [-0.2, 0) is 19.0 Å². The fourth-order valence-electron chi connectivity index (χ4n) is 4.47. The van der Waals surface area contributed by atoms with Gasteiger partial charge in [-0.3, -0.25) is 4.79 Å². The Labute approximate surface area is 215 Å². The number of fused-ring (bicyclic) bond motifs is 1. The molecule has 0 aliphatic carbocycles. The van der Waals surface area contributed by atoms with Gasteiger partial charge in [0.2, 0.25) is 12.2 Å². The molecule has 1 aromatic heterocycles. The molecular weight excluding hydrogens is 510 g/mol. The quantitative estimate of drug-likeness (QED) is 0.177. The Hall–Kier alpha value is -2.66. The maximum Gasteiger partial charge on any atom is 0.336 e. The molecule has 3 heterocycles. The van der Waals surface area contributed by atoms with Crippen molar-refractivity contribution in [3.05, 3.63) is 40.2 Å². The third-order valence-electron chi connectivity index (χ3n) is 6.52. The molecule has 14 nitrogen and oxygen atoms in total. The van der Waals surface area contributed by atoms with Crippen LogP contribution >= 0.6 is 0 Å². The number of hydrogen-bond donors (Lipinski definition) is 7. The van der Waals surface area contributed by atoms with Crippen molar-refractivity contribution in [3.8, 4) is 5.75 Å². The maximum absolute atomic E-state index is 11.8. The van der Waals surface area contributed by atoms with Crippen molar-refractivity contribution in [1.82, 2.24) is 5.32 Å². The lowest BCUT2D eigenvalue weighted by Crippen LogP contribution is -2.66. The van der Waals surface area contributed by atoms with Gasteiger partial charge in [-0.25, -0.2) is 4.79 Å². The number of aliphatic hydroxyl groups is 6. The van der Waals surface area contributed by atoms with E-state index in [0.29, 0.717) is 10.9 Å². The Morgan fingerprint density at radius 1 is 0.947 bits per heavy atom. The number of aryl methyl sites for hydroxylation is 1. The lowest BCUT2D eigenvalue weighted by atomic mass is 9.96. The summed E-state index contributed by atoms with van der Waals surface area (Å²) in [5.41, 5.74) is 0.375. The first-order valence-corrected chi connectivity index (χ1v) is 11.9. The van der Waals surface area contributed by atoms with Gasteiger partial charge in [-0.2, -0.15) is 0 Å². The average molecular weight is 542 g/mol. The molecule has 1 aromatic carbocycles. The molecule has 1 amide bonds. The van der Waals surface area contributed by atoms with Gasteiger partial charge in [-0.1, -0.05) is 0 Å². The lowest BCUT2D eigenvalue weighted by molar-refractivity contribution is -0.316. The molecule has 2 aliphatic rings. The topological polar surface area (TPSA) is 218 Å². The van der Waals surface area contributed by atoms with Crippen LogP contribution in [0.5, 0.6) is 5.75 Å². The van der Waals surface area contributed by atoms with Crippen molar-refractivity contribution < 1.29 is 58.8 Å². The van der Waals surface area contributed by atoms with Crippen LogP contribution in [0.2, 0.25) is 0 Å². The van der Waals surface area contributed by atoms with Gasteiger partial charge in [0.15, 0.2) is 6.29 Å². The first kappa shape index (κ1) is 28.4. The second kappa shape index (κ2) is 11.6. The van der Waals surface area contributed by atoms with Gasteiger partial charge in [-0.05, 0) is 24.6 Å². The average Bonchev–Trinajstić information content (AvgIpc) is 2.86. The second-order valence-corrected chi connectivity index (χ2v) is 9.31. The van der Waals surface area contributed by atoms with E-state index in [9.17, 15) is 40.2 Å². The molecule has 2 fully saturated rings. The molecule has 2 aliphatic heterocycles. The zero-order chi connectivity index (χ0) is 27.7. The standard InChI is InChI=1S/C24H31NO13/c1-9-5-16(28)36-13-6-11(3-4-12(9)13)35-23-17(25-10(2)27)20(31)19(30)15(38-23)8-34-24-22(33)21(32)18(29)14(7-26)37-24/h3-6,14-15,17-24,26,29-33H,7-8H2,1-2H3,(H,25,27)/t14-,15-,17-,18+,19-,20-,21+,22-,23-,24-/m1/s1. The summed E-state index contributed by atoms with van der Waals surface area (Å²) in [6, 6.07) is 4.79. The van der Waals surface area contributed by atoms with Gasteiger partial charge in [0.25, 0.3) is 0 Å². The lowest BCUT2D eigenvalue weighted by Gasteiger charge is -2.44. The number of aliphatic hydroxyl groups excluding tert-OH is 6. The van der Waals surface area contributed by atoms with Gasteiger partial charge in [0.05, 0.1) is 13.2 Å². The van der Waals surface area contributed by atoms with E-state index < -0.39 is 86.1 Å². The van der Waals surface area contributed by atoms with E-state index in [1.807, 2.05) is 0 Å². The van der Waals surface area contributed by atoms with E-state index in [2.05, 4.69) is 5.32 Å². The third kappa shape index (κ3) is 5.83. The molecule has 0 bridgehead atoms. The van der Waals surface area contributed by atoms with Gasteiger partial charge >= 0.3 is 5.63 Å². The van der Waals surface area contributed by atoms with Gasteiger partial charge in [0.1, 0.15) is 60.1 Å². The fourth-order valence-corrected chi connectivity index (χ4v) is 4.47. The highest BCUT2D eigenvalue weighted by molar-refractivity contribution is 5.81. The van der Waals surface area contributed by atoms with Crippen LogP contribution in [0, 0.1) is 6.92 Å². The number of hydrogen-bond acceptors (Lipinski definition) is 13. The molecule has 7 N–H and O–H groups in total. The summed E-state index contributed by atoms with van der Waals surface area (Å²) >= 11 is 0. The van der Waals surface area contributed by atoms with E-state index in [4.69, 9.17) is 23.4 Å². The van der Waals surface area contributed by atoms with Crippen LogP contribution in [0.15, 0.2) is 33.5 Å². The zero-order valence-electron chi connectivity index (χ0n) is 20.5. The van der Waals surface area contributed by atoms with Gasteiger partial charge < -0.3 is 59.3 Å². The van der Waals surface area contributed by atoms with E-state index in [0.717, 1.165) is 0 Å². The maximum atomic E-state index is 11.8. The predicted octanol–water partition coefficient (Wildman–Crippen LogP) is -2.75. The SMILES string of the molecule is CC(=O)N[C@H]1[C@H](Oc2ccc3c(C)cc(=O)oc3c2)O[C@H](CO[C@@H]2O[C@H](CO)[C@H](O)[C@H](O)[C@H]2O)[C@@H](O)[C@@H]1O. The summed E-state index contributed by atoms with van der Waals surface area (Å²) in [5.74, 6) is -0.363. The summed E-state index contributed by atoms with van der Waals surface area (Å²) in [6.07, 6.45) is -13.5. The summed E-state index contributed by atoms with van der Waals surface area (Å²) in [5, 5.41) is 64.0. The Balaban J connectivity index is 1.52. The molecule has 0 spiro atoms. The minimum Gasteiger partial charge on any atom is -0.462 e. The fraction of sp³-hybridized carbons (Fsp3) is 0.583. The number of carbonyl (C=O) groups is 1. The first-order chi connectivity index (χ1) is 18.0. The van der Waals surface area contributed by atoms with Crippen molar-refractivity contribution in [1.29, 1.82) is 0 Å². The summed E-state index contributed by atoms with van der Waals surface area (Å²) in [4.78, 5) is 23.6. The molecule has 0 saturated carbocycles. The third-order valence-corrected chi connectivity index (χ3v) is 6.52. The molecule has 2 aromatic rings. The van der Waals surface area contributed by atoms with Crippen LogP contribution in [0.3, 0.4) is 0 Å². The number of rotatable bonds is 7. The highest BCUT2D eigenvalue weighted by atomic mass is 16.7. The van der Waals surface area contributed by atoms with E-state index in [1.165, 1.54) is 19.1 Å². The van der Waals surface area contributed by atoms with Crippen LogP contribution in [0.1, 0.15) is 12.5 Å². The largest absolute Gasteiger partial charge is 0.462 e. The molecule has 0 radical (unpaired) electrons. The Morgan fingerprint density at radius 2 is 1.63 bits per heavy atom. The van der Waals surface area contributed by atoms with Gasteiger partial charge in [-0.15, -0.1) is 0 Å². The predicted molar refractivity (Wildman–Crippen MR) is 126 cm³/mol. The van der Waals surface area contributed by atoms with E-state index >= 15 is 0 Å². The number of carbonyl (C=O) groups excluding carboxylic acids is 1. The molecule has 2 saturated heterocycles. The summed E-state index contributed by atoms with van der Waals surface area (Å²) in [6.45, 7) is 1.80. The minimum atomic E-state index is -1.69. The Kier molecular flexibility index (Phi) is 8.66. The van der Waals surface area contributed by atoms with E-state index in [1.54, 1.807) is 19.1 Å².